The van der Waals surface area contributed by atoms with Crippen molar-refractivity contribution in [3.8, 4) is 5.75 Å². The van der Waals surface area contributed by atoms with Crippen LogP contribution in [-0.2, 0) is 6.42 Å². The highest BCUT2D eigenvalue weighted by molar-refractivity contribution is 5.77. The Hall–Kier alpha value is -1.28. The number of rotatable bonds is 1. The summed E-state index contributed by atoms with van der Waals surface area (Å²) in [6, 6.07) is 6.59. The van der Waals surface area contributed by atoms with E-state index in [1.807, 2.05) is 0 Å². The van der Waals surface area contributed by atoms with E-state index >= 15 is 0 Å². The summed E-state index contributed by atoms with van der Waals surface area (Å²) in [5.74, 6) is 1.72. The molecule has 2 nitrogen and oxygen atoms in total. The molecule has 4 atom stereocenters. The van der Waals surface area contributed by atoms with Gasteiger partial charge in [-0.05, 0) is 73.3 Å². The van der Waals surface area contributed by atoms with Gasteiger partial charge in [0.25, 0.3) is 0 Å². The third kappa shape index (κ3) is 1.32. The first-order chi connectivity index (χ1) is 10.6. The van der Waals surface area contributed by atoms with E-state index < -0.39 is 0 Å². The van der Waals surface area contributed by atoms with Gasteiger partial charge in [-0.15, -0.1) is 0 Å². The van der Waals surface area contributed by atoms with Crippen LogP contribution in [0.5, 0.6) is 5.75 Å². The predicted molar refractivity (Wildman–Crippen MR) is 86.7 cm³/mol. The van der Waals surface area contributed by atoms with Crippen LogP contribution in [0.2, 0.25) is 0 Å². The fourth-order valence-electron chi connectivity index (χ4n) is 6.18. The van der Waals surface area contributed by atoms with Crippen LogP contribution in [0.15, 0.2) is 23.8 Å². The lowest BCUT2D eigenvalue weighted by molar-refractivity contribution is 0.0114. The van der Waals surface area contributed by atoms with Crippen LogP contribution < -0.4 is 4.74 Å². The molecule has 2 saturated carbocycles. The number of allylic oxidation sites excluding steroid dienone is 2. The molecule has 4 aliphatic rings. The number of hydrogen-bond acceptors (Lipinski definition) is 2. The molecule has 0 unspecified atom stereocenters. The maximum absolute atomic E-state index is 10.6. The fourth-order valence-corrected chi connectivity index (χ4v) is 6.18. The average Bonchev–Trinajstić information content (AvgIpc) is 3.19. The molecule has 2 heteroatoms. The number of ether oxygens (including phenoxy) is 1. The first kappa shape index (κ1) is 13.2. The van der Waals surface area contributed by atoms with E-state index in [2.05, 4.69) is 25.1 Å². The van der Waals surface area contributed by atoms with Crippen LogP contribution in [0.4, 0.5) is 0 Å². The Morgan fingerprint density at radius 3 is 2.91 bits per heavy atom. The van der Waals surface area contributed by atoms with E-state index in [0.29, 0.717) is 5.41 Å². The topological polar surface area (TPSA) is 29.5 Å². The third-order valence-electron chi connectivity index (χ3n) is 7.45. The van der Waals surface area contributed by atoms with Gasteiger partial charge in [0.1, 0.15) is 5.75 Å². The summed E-state index contributed by atoms with van der Waals surface area (Å²) in [6.45, 7) is 2.36. The van der Waals surface area contributed by atoms with Crippen molar-refractivity contribution < 1.29 is 9.84 Å². The van der Waals surface area contributed by atoms with Crippen LogP contribution in [0.3, 0.4) is 0 Å². The van der Waals surface area contributed by atoms with Crippen LogP contribution in [-0.4, -0.2) is 18.3 Å². The first-order valence-electron chi connectivity index (χ1n) is 8.68. The van der Waals surface area contributed by atoms with Crippen molar-refractivity contribution >= 4 is 5.57 Å². The molecule has 0 saturated heterocycles. The molecular formula is C20H24O2. The second-order valence-electron chi connectivity index (χ2n) is 8.02. The third-order valence-corrected chi connectivity index (χ3v) is 7.45. The van der Waals surface area contributed by atoms with Gasteiger partial charge in [-0.3, -0.25) is 0 Å². The van der Waals surface area contributed by atoms with Gasteiger partial charge < -0.3 is 9.84 Å². The van der Waals surface area contributed by atoms with Crippen molar-refractivity contribution in [3.05, 3.63) is 34.9 Å². The Morgan fingerprint density at radius 2 is 2.09 bits per heavy atom. The van der Waals surface area contributed by atoms with Gasteiger partial charge in [-0.25, -0.2) is 0 Å². The minimum Gasteiger partial charge on any atom is -0.497 e. The zero-order valence-electron chi connectivity index (χ0n) is 13.5. The highest BCUT2D eigenvalue weighted by Gasteiger charge is 2.74. The second-order valence-corrected chi connectivity index (χ2v) is 8.02. The van der Waals surface area contributed by atoms with Crippen molar-refractivity contribution in [2.45, 2.75) is 51.6 Å². The quantitative estimate of drug-likeness (QED) is 0.850. The normalized spacial score (nSPS) is 41.4. The van der Waals surface area contributed by atoms with Gasteiger partial charge in [0.2, 0.25) is 0 Å². The molecule has 0 heterocycles. The maximum atomic E-state index is 10.6. The monoisotopic (exact) mass is 296 g/mol. The zero-order chi connectivity index (χ0) is 15.1. The lowest BCUT2D eigenvalue weighted by atomic mass is 9.59. The second kappa shape index (κ2) is 3.97. The molecule has 2 fully saturated rings. The summed E-state index contributed by atoms with van der Waals surface area (Å²) in [5, 5.41) is 10.6. The lowest BCUT2D eigenvalue weighted by Gasteiger charge is -2.46. The molecule has 4 aliphatic carbocycles. The number of aryl methyl sites for hydroxylation is 1. The molecule has 1 aromatic rings. The molecular weight excluding hydrogens is 272 g/mol. The average molecular weight is 296 g/mol. The lowest BCUT2D eigenvalue weighted by Crippen LogP contribution is -2.41. The molecule has 0 aliphatic heterocycles. The molecule has 22 heavy (non-hydrogen) atoms. The standard InChI is InChI=1S/C20H24O2/c1-19-8-7-16-15-5-4-14(22-2)9-12(15)3-6-17(16)20(19)11-13(20)10-18(19)21/h4-5,9,13,18,21H,3,6-8,10-11H2,1-2H3/t13-,18-,19-,20+/m1/s1. The Labute approximate surface area is 132 Å². The van der Waals surface area contributed by atoms with Gasteiger partial charge in [-0.2, -0.15) is 0 Å². The number of methoxy groups -OCH3 is 1. The Bertz CT molecular complexity index is 704. The number of aliphatic hydroxyl groups excluding tert-OH is 1. The van der Waals surface area contributed by atoms with Gasteiger partial charge in [0, 0.05) is 10.8 Å². The molecule has 5 rings (SSSR count). The summed E-state index contributed by atoms with van der Waals surface area (Å²) in [7, 11) is 1.75. The summed E-state index contributed by atoms with van der Waals surface area (Å²) < 4.78 is 5.39. The Morgan fingerprint density at radius 1 is 1.23 bits per heavy atom. The molecule has 0 radical (unpaired) electrons. The smallest absolute Gasteiger partial charge is 0.119 e. The van der Waals surface area contributed by atoms with E-state index in [9.17, 15) is 5.11 Å². The summed E-state index contributed by atoms with van der Waals surface area (Å²) >= 11 is 0. The maximum Gasteiger partial charge on any atom is 0.119 e. The van der Waals surface area contributed by atoms with E-state index in [4.69, 9.17) is 4.74 Å². The molecule has 1 N–H and O–H groups in total. The van der Waals surface area contributed by atoms with E-state index in [0.717, 1.165) is 37.4 Å². The largest absolute Gasteiger partial charge is 0.497 e. The van der Waals surface area contributed by atoms with Crippen LogP contribution >= 0.6 is 0 Å². The fraction of sp³-hybridized carbons (Fsp3) is 0.600. The highest BCUT2D eigenvalue weighted by atomic mass is 16.5. The molecule has 116 valence electrons. The molecule has 0 bridgehead atoms. The van der Waals surface area contributed by atoms with Crippen molar-refractivity contribution in [1.82, 2.24) is 0 Å². The molecule has 0 amide bonds. The van der Waals surface area contributed by atoms with Gasteiger partial charge >= 0.3 is 0 Å². The summed E-state index contributed by atoms with van der Waals surface area (Å²) in [4.78, 5) is 0. The number of fused-ring (bicyclic) bond motifs is 2. The SMILES string of the molecule is COc1ccc2c(c1)CCC1=C2CC[C@]2(C)[C@H](O)C[C@@H]3C[C@@]132. The van der Waals surface area contributed by atoms with Crippen LogP contribution in [0.1, 0.15) is 50.2 Å². The molecule has 1 spiro atoms. The Kier molecular flexibility index (Phi) is 2.38. The van der Waals surface area contributed by atoms with Crippen molar-refractivity contribution in [1.29, 1.82) is 0 Å². The minimum absolute atomic E-state index is 0.0856. The van der Waals surface area contributed by atoms with Crippen molar-refractivity contribution in [2.24, 2.45) is 16.7 Å². The van der Waals surface area contributed by atoms with Gasteiger partial charge in [0.05, 0.1) is 13.2 Å². The number of hydrogen-bond donors (Lipinski definition) is 1. The van der Waals surface area contributed by atoms with Crippen molar-refractivity contribution in [3.63, 3.8) is 0 Å². The minimum atomic E-state index is -0.0856. The summed E-state index contributed by atoms with van der Waals surface area (Å²) in [6.07, 6.45) is 6.87. The Balaban J connectivity index is 1.67. The van der Waals surface area contributed by atoms with Crippen LogP contribution in [0, 0.1) is 16.7 Å². The van der Waals surface area contributed by atoms with Gasteiger partial charge in [0.15, 0.2) is 0 Å². The summed E-state index contributed by atoms with van der Waals surface area (Å²) in [5.41, 5.74) is 6.72. The predicted octanol–water partition coefficient (Wildman–Crippen LogP) is 3.97. The molecule has 0 aromatic heterocycles. The van der Waals surface area contributed by atoms with Crippen LogP contribution in [0.25, 0.3) is 5.57 Å². The van der Waals surface area contributed by atoms with E-state index in [1.165, 1.54) is 24.0 Å². The zero-order valence-corrected chi connectivity index (χ0v) is 13.5. The van der Waals surface area contributed by atoms with Crippen molar-refractivity contribution in [2.75, 3.05) is 7.11 Å². The highest BCUT2D eigenvalue weighted by Crippen LogP contribution is 2.80. The number of aliphatic hydroxyl groups is 1. The van der Waals surface area contributed by atoms with E-state index in [-0.39, 0.29) is 11.5 Å². The first-order valence-corrected chi connectivity index (χ1v) is 8.68. The number of benzene rings is 1. The van der Waals surface area contributed by atoms with Gasteiger partial charge in [-0.1, -0.05) is 18.6 Å². The molecule has 1 aromatic carbocycles. The van der Waals surface area contributed by atoms with E-state index in [1.54, 1.807) is 18.3 Å².